The van der Waals surface area contributed by atoms with Crippen LogP contribution < -0.4 is 11.5 Å². The molecule has 0 atom stereocenters. The predicted octanol–water partition coefficient (Wildman–Crippen LogP) is 5.21. The number of aromatic amines is 2. The molecule has 52 heavy (non-hydrogen) atoms. The number of nitrogens with zero attached hydrogens (tertiary/aromatic N) is 2. The third kappa shape index (κ3) is 8.90. The molecule has 0 spiro atoms. The van der Waals surface area contributed by atoms with E-state index in [1.807, 2.05) is 6.07 Å². The quantitative estimate of drug-likeness (QED) is 0.0296. The van der Waals surface area contributed by atoms with Crippen molar-refractivity contribution >= 4 is 52.1 Å². The first-order valence-corrected chi connectivity index (χ1v) is 14.7. The van der Waals surface area contributed by atoms with Gasteiger partial charge in [-0.2, -0.15) is 10.5 Å². The van der Waals surface area contributed by atoms with Crippen LogP contribution in [0.4, 0.5) is 0 Å². The van der Waals surface area contributed by atoms with Crippen LogP contribution in [-0.2, 0) is 4.79 Å². The fraction of sp³-hybridized carbons (Fsp3) is 0.0270. The Morgan fingerprint density at radius 1 is 0.827 bits per heavy atom. The van der Waals surface area contributed by atoms with Gasteiger partial charge in [0.25, 0.3) is 0 Å². The zero-order valence-corrected chi connectivity index (χ0v) is 26.6. The number of hydrogen-bond acceptors (Lipinski definition) is 12. The molecular formula is C37H24N4O11. The van der Waals surface area contributed by atoms with Crippen molar-refractivity contribution in [2.75, 3.05) is 0 Å². The van der Waals surface area contributed by atoms with Crippen LogP contribution in [0.15, 0.2) is 126 Å². The molecule has 0 saturated heterocycles. The molecule has 0 radical (unpaired) electrons. The normalized spacial score (nSPS) is 12.0. The molecule has 0 unspecified atom stereocenters. The van der Waals surface area contributed by atoms with Crippen molar-refractivity contribution in [3.63, 3.8) is 0 Å². The van der Waals surface area contributed by atoms with Crippen molar-refractivity contribution in [1.29, 1.82) is 10.5 Å². The number of Topliss-reactive ketones (excluding diaryl/α,β-unsaturated/α-hetero) is 2. The average Bonchev–Trinajstić information content (AvgIpc) is 3.71. The Morgan fingerprint density at radius 3 is 2.10 bits per heavy atom. The molecule has 0 bridgehead atoms. The van der Waals surface area contributed by atoms with Crippen molar-refractivity contribution in [3.8, 4) is 17.9 Å². The fourth-order valence-corrected chi connectivity index (χ4v) is 4.56. The summed E-state index contributed by atoms with van der Waals surface area (Å²) in [6.45, 7) is 3.55. The Hall–Kier alpha value is -8.04. The zero-order valence-electron chi connectivity index (χ0n) is 26.6. The molecule has 15 heteroatoms. The van der Waals surface area contributed by atoms with Gasteiger partial charge in [0.15, 0.2) is 17.5 Å². The van der Waals surface area contributed by atoms with Gasteiger partial charge in [-0.05, 0) is 83.5 Å². The van der Waals surface area contributed by atoms with Gasteiger partial charge in [-0.25, -0.2) is 9.59 Å². The predicted molar refractivity (Wildman–Crippen MR) is 184 cm³/mol. The van der Waals surface area contributed by atoms with Crippen molar-refractivity contribution in [1.82, 2.24) is 9.97 Å². The standard InChI is InChI=1S/C19H14N2O6.C18H10N2O5/c1-2-11(5-12(10-22)7-17(23)24)6-14(9-20)18(25)13-3-4-15-16(8-13)27-19(26)21-15;19-8-12(5-10-1-3-15(22)13(6-10)9-21)17(23)11-2-4-16-14(7-11)20-18(24)25-16/h2-6,8,10,22H,1,7H2,(H,21,26)(H,23,24);1-7,9,22H,(H,20,24)/b11-5+,12-10-,14-6+;12-5+. The molecule has 0 aliphatic heterocycles. The maximum atomic E-state index is 12.6. The third-order valence-corrected chi connectivity index (χ3v) is 7.00. The summed E-state index contributed by atoms with van der Waals surface area (Å²) in [5, 5.41) is 46.0. The van der Waals surface area contributed by atoms with E-state index >= 15 is 0 Å². The maximum Gasteiger partial charge on any atom is 0.417 e. The highest BCUT2D eigenvalue weighted by Gasteiger charge is 2.16. The first-order chi connectivity index (χ1) is 24.9. The molecule has 2 heterocycles. The van der Waals surface area contributed by atoms with Gasteiger partial charge in [-0.1, -0.05) is 18.7 Å². The molecule has 258 valence electrons. The number of aliphatic hydroxyl groups excluding tert-OH is 1. The Morgan fingerprint density at radius 2 is 1.46 bits per heavy atom. The summed E-state index contributed by atoms with van der Waals surface area (Å²) in [5.41, 5.74) is 1.96. The number of nitriles is 2. The monoisotopic (exact) mass is 700 g/mol. The number of allylic oxidation sites excluding steroid dienone is 6. The number of ketones is 2. The van der Waals surface area contributed by atoms with Crippen molar-refractivity contribution < 1.29 is 43.3 Å². The first-order valence-electron chi connectivity index (χ1n) is 14.7. The number of aromatic nitrogens is 2. The van der Waals surface area contributed by atoms with Gasteiger partial charge in [-0.3, -0.25) is 29.1 Å². The lowest BCUT2D eigenvalue weighted by Crippen LogP contribution is -2.02. The number of aromatic hydroxyl groups is 1. The lowest BCUT2D eigenvalue weighted by atomic mass is 10.0. The van der Waals surface area contributed by atoms with E-state index in [4.69, 9.17) is 19.0 Å². The second kappa shape index (κ2) is 16.4. The SMILES string of the molecule is C=CC(=C\C(=C\O)CC(=O)O)/C=C(\C#N)C(=O)c1ccc2[nH]c(=O)oc2c1.N#C/C(=C\c1ccc(O)c(C=O)c1)C(=O)c1ccc2oc(=O)[nH]c2c1. The number of aliphatic hydroxyl groups is 1. The Bertz CT molecular complexity index is 2590. The van der Waals surface area contributed by atoms with Crippen LogP contribution in [0.5, 0.6) is 5.75 Å². The number of H-pyrrole nitrogens is 2. The average molecular weight is 701 g/mol. The summed E-state index contributed by atoms with van der Waals surface area (Å²) in [4.78, 5) is 74.0. The largest absolute Gasteiger partial charge is 0.515 e. The lowest BCUT2D eigenvalue weighted by Gasteiger charge is -2.02. The van der Waals surface area contributed by atoms with E-state index in [1.165, 1.54) is 78.9 Å². The number of rotatable bonds is 11. The van der Waals surface area contributed by atoms with Crippen LogP contribution >= 0.6 is 0 Å². The van der Waals surface area contributed by atoms with Gasteiger partial charge in [-0.15, -0.1) is 0 Å². The number of nitrogens with one attached hydrogen (secondary N) is 2. The molecule has 0 aliphatic carbocycles. The summed E-state index contributed by atoms with van der Waals surface area (Å²) < 4.78 is 9.76. The van der Waals surface area contributed by atoms with Gasteiger partial charge < -0.3 is 24.2 Å². The summed E-state index contributed by atoms with van der Waals surface area (Å²) in [6.07, 6.45) is 5.80. The number of oxazole rings is 2. The van der Waals surface area contributed by atoms with E-state index in [9.17, 15) is 44.4 Å². The molecule has 5 N–H and O–H groups in total. The number of aliphatic carboxylic acids is 1. The Kier molecular flexibility index (Phi) is 11.6. The number of carboxylic acid groups (broad SMARTS) is 1. The second-order valence-corrected chi connectivity index (χ2v) is 10.5. The van der Waals surface area contributed by atoms with Gasteiger partial charge >= 0.3 is 17.5 Å². The number of aldehydes is 1. The van der Waals surface area contributed by atoms with Crippen LogP contribution in [0.3, 0.4) is 0 Å². The van der Waals surface area contributed by atoms with E-state index < -0.39 is 35.5 Å². The van der Waals surface area contributed by atoms with Gasteiger partial charge in [0.05, 0.1) is 29.3 Å². The number of benzene rings is 3. The summed E-state index contributed by atoms with van der Waals surface area (Å²) in [5.74, 6) is -3.82. The number of carboxylic acids is 1. The van der Waals surface area contributed by atoms with E-state index in [2.05, 4.69) is 16.5 Å². The fourth-order valence-electron chi connectivity index (χ4n) is 4.56. The number of carbonyl (C=O) groups excluding carboxylic acids is 3. The van der Waals surface area contributed by atoms with Crippen LogP contribution in [0.1, 0.15) is 43.1 Å². The Balaban J connectivity index is 0.000000233. The van der Waals surface area contributed by atoms with Crippen LogP contribution in [0.25, 0.3) is 28.3 Å². The lowest BCUT2D eigenvalue weighted by molar-refractivity contribution is -0.136. The minimum absolute atomic E-state index is 0.0517. The van der Waals surface area contributed by atoms with E-state index in [0.29, 0.717) is 34.7 Å². The highest BCUT2D eigenvalue weighted by Crippen LogP contribution is 2.21. The highest BCUT2D eigenvalue weighted by molar-refractivity contribution is 6.15. The Labute approximate surface area is 291 Å². The molecular weight excluding hydrogens is 676 g/mol. The molecule has 15 nitrogen and oxygen atoms in total. The summed E-state index contributed by atoms with van der Waals surface area (Å²) >= 11 is 0. The number of carbonyl (C=O) groups is 4. The smallest absolute Gasteiger partial charge is 0.417 e. The molecule has 0 fully saturated rings. The van der Waals surface area contributed by atoms with Gasteiger partial charge in [0.1, 0.15) is 29.0 Å². The van der Waals surface area contributed by atoms with Crippen molar-refractivity contribution in [3.05, 3.63) is 151 Å². The number of phenolic OH excluding ortho intramolecular Hbond substituents is 1. The molecule has 5 rings (SSSR count). The van der Waals surface area contributed by atoms with E-state index in [0.717, 1.165) is 0 Å². The minimum Gasteiger partial charge on any atom is -0.515 e. The number of hydrogen-bond donors (Lipinski definition) is 5. The molecule has 5 aromatic rings. The third-order valence-electron chi connectivity index (χ3n) is 7.00. The van der Waals surface area contributed by atoms with Gasteiger partial charge in [0, 0.05) is 11.1 Å². The molecule has 0 amide bonds. The second-order valence-electron chi connectivity index (χ2n) is 10.5. The van der Waals surface area contributed by atoms with Crippen molar-refractivity contribution in [2.24, 2.45) is 0 Å². The van der Waals surface area contributed by atoms with Crippen LogP contribution in [0.2, 0.25) is 0 Å². The maximum absolute atomic E-state index is 12.6. The zero-order chi connectivity index (χ0) is 37.9. The minimum atomic E-state index is -1.16. The summed E-state index contributed by atoms with van der Waals surface area (Å²) in [7, 11) is 0. The number of phenols is 1. The van der Waals surface area contributed by atoms with Crippen LogP contribution in [0, 0.1) is 22.7 Å². The molecule has 0 aliphatic rings. The summed E-state index contributed by atoms with van der Waals surface area (Å²) in [6, 6.07) is 16.3. The molecule has 2 aromatic heterocycles. The molecule has 3 aromatic carbocycles. The van der Waals surface area contributed by atoms with Gasteiger partial charge in [0.2, 0.25) is 11.6 Å². The number of fused-ring (bicyclic) bond motifs is 2. The topological polar surface area (TPSA) is 269 Å². The van der Waals surface area contributed by atoms with Crippen molar-refractivity contribution in [2.45, 2.75) is 6.42 Å². The van der Waals surface area contributed by atoms with E-state index in [-0.39, 0.29) is 50.3 Å². The highest BCUT2D eigenvalue weighted by atomic mass is 16.4. The first kappa shape index (κ1) is 36.8. The van der Waals surface area contributed by atoms with E-state index in [1.54, 1.807) is 6.07 Å². The molecule has 0 saturated carbocycles. The van der Waals surface area contributed by atoms with Crippen LogP contribution in [-0.4, -0.2) is 49.1 Å².